The number of hydrogen-bond donors (Lipinski definition) is 1. The summed E-state index contributed by atoms with van der Waals surface area (Å²) in [5, 5.41) is 8.84. The van der Waals surface area contributed by atoms with Gasteiger partial charge in [-0.15, -0.1) is 0 Å². The number of pyridine rings is 1. The smallest absolute Gasteiger partial charge is 0.169 e. The predicted octanol–water partition coefficient (Wildman–Crippen LogP) is 1.39. The standard InChI is InChI=1S/C8H5IN4/c9-6-2-1-3-7-12-8(11)5(4-10)13(6)7/h1-3H,11H2. The van der Waals surface area contributed by atoms with Crippen molar-refractivity contribution in [2.75, 3.05) is 5.73 Å². The maximum absolute atomic E-state index is 8.84. The number of nitrogens with two attached hydrogens (primary N) is 1. The average molecular weight is 284 g/mol. The highest BCUT2D eigenvalue weighted by Gasteiger charge is 2.09. The zero-order valence-corrected chi connectivity index (χ0v) is 8.69. The Morgan fingerprint density at radius 3 is 3.00 bits per heavy atom. The number of nitriles is 1. The van der Waals surface area contributed by atoms with Crippen molar-refractivity contribution in [3.8, 4) is 6.07 Å². The molecule has 64 valence electrons. The summed E-state index contributed by atoms with van der Waals surface area (Å²) in [6.07, 6.45) is 0. The number of halogens is 1. The molecule has 2 aromatic heterocycles. The predicted molar refractivity (Wildman–Crippen MR) is 57.0 cm³/mol. The van der Waals surface area contributed by atoms with E-state index in [0.29, 0.717) is 11.3 Å². The highest BCUT2D eigenvalue weighted by Crippen LogP contribution is 2.17. The maximum Gasteiger partial charge on any atom is 0.169 e. The second-order valence-corrected chi connectivity index (χ2v) is 3.60. The van der Waals surface area contributed by atoms with Crippen molar-refractivity contribution in [1.29, 1.82) is 5.26 Å². The highest BCUT2D eigenvalue weighted by atomic mass is 127. The summed E-state index contributed by atoms with van der Waals surface area (Å²) in [6, 6.07) is 7.63. The first-order valence-corrected chi connectivity index (χ1v) is 4.64. The van der Waals surface area contributed by atoms with Crippen molar-refractivity contribution >= 4 is 34.1 Å². The number of rotatable bonds is 0. The van der Waals surface area contributed by atoms with Crippen LogP contribution in [0.1, 0.15) is 5.69 Å². The first-order chi connectivity index (χ1) is 6.24. The molecular formula is C8H5IN4. The molecular weight excluding hydrogens is 279 g/mol. The summed E-state index contributed by atoms with van der Waals surface area (Å²) < 4.78 is 2.66. The molecule has 0 aliphatic heterocycles. The third-order valence-corrected chi connectivity index (χ3v) is 2.57. The lowest BCUT2D eigenvalue weighted by molar-refractivity contribution is 1.11. The molecule has 2 N–H and O–H groups in total. The Labute approximate surface area is 88.1 Å². The van der Waals surface area contributed by atoms with Crippen molar-refractivity contribution in [3.63, 3.8) is 0 Å². The van der Waals surface area contributed by atoms with Gasteiger partial charge in [-0.25, -0.2) is 4.98 Å². The summed E-state index contributed by atoms with van der Waals surface area (Å²) in [6.45, 7) is 0. The van der Waals surface area contributed by atoms with E-state index in [4.69, 9.17) is 11.0 Å². The molecule has 0 aliphatic carbocycles. The van der Waals surface area contributed by atoms with Gasteiger partial charge in [-0.3, -0.25) is 4.40 Å². The molecule has 0 radical (unpaired) electrons. The number of anilines is 1. The van der Waals surface area contributed by atoms with E-state index in [1.54, 1.807) is 4.40 Å². The summed E-state index contributed by atoms with van der Waals surface area (Å²) in [4.78, 5) is 4.06. The Hall–Kier alpha value is -1.29. The molecule has 0 amide bonds. The van der Waals surface area contributed by atoms with Gasteiger partial charge in [0.2, 0.25) is 0 Å². The van der Waals surface area contributed by atoms with Crippen molar-refractivity contribution in [1.82, 2.24) is 9.38 Å². The Morgan fingerprint density at radius 1 is 1.54 bits per heavy atom. The average Bonchev–Trinajstić information content (AvgIpc) is 2.42. The van der Waals surface area contributed by atoms with Crippen molar-refractivity contribution < 1.29 is 0 Å². The van der Waals surface area contributed by atoms with Crippen LogP contribution in [0.25, 0.3) is 5.65 Å². The third-order valence-electron chi connectivity index (χ3n) is 1.73. The van der Waals surface area contributed by atoms with Gasteiger partial charge in [-0.05, 0) is 34.7 Å². The minimum Gasteiger partial charge on any atom is -0.381 e. The molecule has 2 heterocycles. The van der Waals surface area contributed by atoms with Crippen LogP contribution >= 0.6 is 22.6 Å². The van der Waals surface area contributed by atoms with E-state index >= 15 is 0 Å². The fraction of sp³-hybridized carbons (Fsp3) is 0. The van der Waals surface area contributed by atoms with E-state index in [9.17, 15) is 0 Å². The Bertz CT molecular complexity index is 509. The molecule has 2 aromatic rings. The minimum absolute atomic E-state index is 0.284. The van der Waals surface area contributed by atoms with E-state index in [1.807, 2.05) is 24.3 Å². The van der Waals surface area contributed by atoms with Crippen LogP contribution in [0, 0.1) is 15.0 Å². The van der Waals surface area contributed by atoms with E-state index < -0.39 is 0 Å². The largest absolute Gasteiger partial charge is 0.381 e. The quantitative estimate of drug-likeness (QED) is 0.587. The lowest BCUT2D eigenvalue weighted by Crippen LogP contribution is -1.94. The lowest BCUT2D eigenvalue weighted by Gasteiger charge is -1.96. The van der Waals surface area contributed by atoms with Gasteiger partial charge in [0.15, 0.2) is 11.5 Å². The molecule has 0 saturated carbocycles. The molecule has 0 saturated heterocycles. The highest BCUT2D eigenvalue weighted by molar-refractivity contribution is 14.1. The Morgan fingerprint density at radius 2 is 2.31 bits per heavy atom. The number of hydrogen-bond acceptors (Lipinski definition) is 3. The summed E-state index contributed by atoms with van der Waals surface area (Å²) in [5.74, 6) is 0.284. The molecule has 0 aliphatic rings. The van der Waals surface area contributed by atoms with E-state index in [-0.39, 0.29) is 5.82 Å². The second-order valence-electron chi connectivity index (χ2n) is 2.50. The molecule has 13 heavy (non-hydrogen) atoms. The summed E-state index contributed by atoms with van der Waals surface area (Å²) in [5.41, 5.74) is 6.69. The number of fused-ring (bicyclic) bond motifs is 1. The van der Waals surface area contributed by atoms with Crippen molar-refractivity contribution in [2.45, 2.75) is 0 Å². The Kier molecular flexibility index (Phi) is 1.84. The third kappa shape index (κ3) is 1.14. The fourth-order valence-corrected chi connectivity index (χ4v) is 1.87. The lowest BCUT2D eigenvalue weighted by atomic mass is 10.4. The van der Waals surface area contributed by atoms with Gasteiger partial charge < -0.3 is 5.73 Å². The molecule has 2 rings (SSSR count). The zero-order chi connectivity index (χ0) is 9.42. The normalized spacial score (nSPS) is 10.2. The number of nitrogen functional groups attached to an aromatic ring is 1. The zero-order valence-electron chi connectivity index (χ0n) is 6.53. The molecule has 4 nitrogen and oxygen atoms in total. The minimum atomic E-state index is 0.284. The van der Waals surface area contributed by atoms with Gasteiger partial charge in [0.05, 0.1) is 3.70 Å². The number of aromatic nitrogens is 2. The van der Waals surface area contributed by atoms with E-state index in [2.05, 4.69) is 27.6 Å². The van der Waals surface area contributed by atoms with Crippen LogP contribution in [0.15, 0.2) is 18.2 Å². The van der Waals surface area contributed by atoms with Crippen LogP contribution in [-0.2, 0) is 0 Å². The van der Waals surface area contributed by atoms with Crippen LogP contribution in [0.2, 0.25) is 0 Å². The number of nitrogens with zero attached hydrogens (tertiary/aromatic N) is 3. The summed E-state index contributed by atoms with van der Waals surface area (Å²) >= 11 is 2.14. The molecule has 0 fully saturated rings. The molecule has 0 unspecified atom stereocenters. The van der Waals surface area contributed by atoms with Gasteiger partial charge in [0.25, 0.3) is 0 Å². The van der Waals surface area contributed by atoms with E-state index in [0.717, 1.165) is 3.70 Å². The number of imidazole rings is 1. The van der Waals surface area contributed by atoms with E-state index in [1.165, 1.54) is 0 Å². The maximum atomic E-state index is 8.84. The van der Waals surface area contributed by atoms with Crippen LogP contribution in [0.5, 0.6) is 0 Å². The molecule has 0 aromatic carbocycles. The Balaban J connectivity index is 2.99. The first-order valence-electron chi connectivity index (χ1n) is 3.56. The van der Waals surface area contributed by atoms with Gasteiger partial charge in [0, 0.05) is 0 Å². The fourth-order valence-electron chi connectivity index (χ4n) is 1.18. The van der Waals surface area contributed by atoms with Gasteiger partial charge in [0.1, 0.15) is 11.7 Å². The topological polar surface area (TPSA) is 67.1 Å². The van der Waals surface area contributed by atoms with Crippen LogP contribution in [-0.4, -0.2) is 9.38 Å². The van der Waals surface area contributed by atoms with Gasteiger partial charge >= 0.3 is 0 Å². The van der Waals surface area contributed by atoms with Gasteiger partial charge in [-0.2, -0.15) is 5.26 Å². The van der Waals surface area contributed by atoms with Crippen molar-refractivity contribution in [2.24, 2.45) is 0 Å². The first kappa shape index (κ1) is 8.31. The molecule has 0 spiro atoms. The molecule has 0 bridgehead atoms. The van der Waals surface area contributed by atoms with Gasteiger partial charge in [-0.1, -0.05) is 6.07 Å². The molecule has 0 atom stereocenters. The SMILES string of the molecule is N#Cc1c(N)nc2cccc(I)n12. The summed E-state index contributed by atoms with van der Waals surface area (Å²) in [7, 11) is 0. The van der Waals surface area contributed by atoms with Crippen LogP contribution in [0.4, 0.5) is 5.82 Å². The van der Waals surface area contributed by atoms with Crippen molar-refractivity contribution in [3.05, 3.63) is 27.6 Å². The second kappa shape index (κ2) is 2.88. The monoisotopic (exact) mass is 284 g/mol. The van der Waals surface area contributed by atoms with Crippen LogP contribution in [0.3, 0.4) is 0 Å². The molecule has 5 heteroatoms. The van der Waals surface area contributed by atoms with Crippen LogP contribution < -0.4 is 5.73 Å².